The zero-order valence-electron chi connectivity index (χ0n) is 10.8. The van der Waals surface area contributed by atoms with Crippen LogP contribution < -0.4 is 11.1 Å². The van der Waals surface area contributed by atoms with E-state index in [0.717, 1.165) is 19.4 Å². The van der Waals surface area contributed by atoms with Crippen LogP contribution in [0.4, 0.5) is 5.69 Å². The molecule has 2 rings (SSSR count). The molecule has 3 N–H and O–H groups in total. The van der Waals surface area contributed by atoms with Gasteiger partial charge in [-0.05, 0) is 26.7 Å². The lowest BCUT2D eigenvalue weighted by atomic mass is 9.89. The molecule has 0 spiro atoms. The second kappa shape index (κ2) is 5.39. The van der Waals surface area contributed by atoms with E-state index >= 15 is 0 Å². The first-order valence-corrected chi connectivity index (χ1v) is 6.39. The van der Waals surface area contributed by atoms with Crippen LogP contribution in [0.2, 0.25) is 0 Å². The maximum absolute atomic E-state index is 12.1. The molecule has 1 heterocycles. The summed E-state index contributed by atoms with van der Waals surface area (Å²) in [6.45, 7) is 5.26. The van der Waals surface area contributed by atoms with Crippen molar-refractivity contribution in [2.45, 2.75) is 45.4 Å². The van der Waals surface area contributed by atoms with E-state index in [-0.39, 0.29) is 18.1 Å². The molecule has 1 aromatic rings. The summed E-state index contributed by atoms with van der Waals surface area (Å²) in [7, 11) is 0. The smallest absolute Gasteiger partial charge is 0.271 e. The first kappa shape index (κ1) is 12.9. The predicted molar refractivity (Wildman–Crippen MR) is 68.2 cm³/mol. The van der Waals surface area contributed by atoms with Crippen molar-refractivity contribution in [3.8, 4) is 0 Å². The minimum atomic E-state index is -0.146. The summed E-state index contributed by atoms with van der Waals surface area (Å²) in [6, 6.07) is 0.189. The number of aromatic nitrogens is 2. The lowest BCUT2D eigenvalue weighted by Crippen LogP contribution is -2.48. The van der Waals surface area contributed by atoms with E-state index in [1.807, 2.05) is 13.8 Å². The molecular weight excluding hydrogens is 232 g/mol. The third-order valence-corrected chi connectivity index (χ3v) is 3.21. The molecule has 100 valence electrons. The number of aryl methyl sites for hydroxylation is 1. The molecule has 1 aromatic heterocycles. The van der Waals surface area contributed by atoms with E-state index in [1.165, 1.54) is 6.20 Å². The Morgan fingerprint density at radius 2 is 2.33 bits per heavy atom. The Hall–Kier alpha value is -1.56. The highest BCUT2D eigenvalue weighted by Crippen LogP contribution is 2.24. The fourth-order valence-electron chi connectivity index (χ4n) is 2.20. The van der Waals surface area contributed by atoms with Gasteiger partial charge in [0.05, 0.1) is 18.0 Å². The van der Waals surface area contributed by atoms with Crippen molar-refractivity contribution in [1.82, 2.24) is 15.1 Å². The zero-order chi connectivity index (χ0) is 13.1. The number of nitrogens with one attached hydrogen (secondary N) is 1. The molecule has 0 saturated heterocycles. The number of carbonyl (C=O) groups is 1. The maximum Gasteiger partial charge on any atom is 0.271 e. The van der Waals surface area contributed by atoms with Gasteiger partial charge in [-0.15, -0.1) is 0 Å². The van der Waals surface area contributed by atoms with Gasteiger partial charge < -0.3 is 15.8 Å². The lowest BCUT2D eigenvalue weighted by molar-refractivity contribution is -0.00870. The zero-order valence-corrected chi connectivity index (χ0v) is 10.8. The SMILES string of the molecule is CCOC1CC(NC(=O)c2c(N)cnn2CC)C1. The number of ether oxygens (including phenoxy) is 1. The van der Waals surface area contributed by atoms with Crippen molar-refractivity contribution >= 4 is 11.6 Å². The van der Waals surface area contributed by atoms with Gasteiger partial charge >= 0.3 is 0 Å². The Bertz CT molecular complexity index is 424. The average Bonchev–Trinajstić information content (AvgIpc) is 2.67. The second-order valence-corrected chi connectivity index (χ2v) is 4.48. The van der Waals surface area contributed by atoms with Crippen molar-refractivity contribution in [1.29, 1.82) is 0 Å². The Labute approximate surface area is 106 Å². The Morgan fingerprint density at radius 3 is 2.94 bits per heavy atom. The molecule has 1 fully saturated rings. The molecule has 0 aromatic carbocycles. The number of nitrogens with zero attached hydrogens (tertiary/aromatic N) is 2. The highest BCUT2D eigenvalue weighted by Gasteiger charge is 2.31. The third kappa shape index (κ3) is 2.48. The highest BCUT2D eigenvalue weighted by molar-refractivity contribution is 5.97. The molecule has 0 unspecified atom stereocenters. The quantitative estimate of drug-likeness (QED) is 0.811. The Morgan fingerprint density at radius 1 is 1.61 bits per heavy atom. The van der Waals surface area contributed by atoms with Crippen molar-refractivity contribution in [2.75, 3.05) is 12.3 Å². The summed E-state index contributed by atoms with van der Waals surface area (Å²) >= 11 is 0. The number of rotatable bonds is 5. The van der Waals surface area contributed by atoms with E-state index in [0.29, 0.717) is 17.9 Å². The van der Waals surface area contributed by atoms with E-state index < -0.39 is 0 Å². The van der Waals surface area contributed by atoms with Gasteiger partial charge in [-0.1, -0.05) is 0 Å². The number of carbonyl (C=O) groups excluding carboxylic acids is 1. The molecule has 0 aliphatic heterocycles. The summed E-state index contributed by atoms with van der Waals surface area (Å²) in [5.41, 5.74) is 6.64. The number of nitrogen functional groups attached to an aromatic ring is 1. The molecule has 1 aliphatic carbocycles. The van der Waals surface area contributed by atoms with Crippen LogP contribution in [0.5, 0.6) is 0 Å². The summed E-state index contributed by atoms with van der Waals surface area (Å²) < 4.78 is 7.07. The van der Waals surface area contributed by atoms with Gasteiger partial charge in [0.1, 0.15) is 5.69 Å². The van der Waals surface area contributed by atoms with Crippen molar-refractivity contribution in [2.24, 2.45) is 0 Å². The van der Waals surface area contributed by atoms with E-state index in [2.05, 4.69) is 10.4 Å². The van der Waals surface area contributed by atoms with Crippen molar-refractivity contribution in [3.63, 3.8) is 0 Å². The first-order chi connectivity index (χ1) is 8.65. The number of hydrogen-bond donors (Lipinski definition) is 2. The second-order valence-electron chi connectivity index (χ2n) is 4.48. The molecule has 6 nitrogen and oxygen atoms in total. The topological polar surface area (TPSA) is 82.2 Å². The Balaban J connectivity index is 1.91. The molecule has 18 heavy (non-hydrogen) atoms. The minimum Gasteiger partial charge on any atom is -0.396 e. The molecular formula is C12H20N4O2. The standard InChI is InChI=1S/C12H20N4O2/c1-3-16-11(10(13)7-14-16)12(17)15-8-5-9(6-8)18-4-2/h7-9H,3-6,13H2,1-2H3,(H,15,17). The monoisotopic (exact) mass is 252 g/mol. The van der Waals surface area contributed by atoms with Gasteiger partial charge in [0, 0.05) is 19.2 Å². The van der Waals surface area contributed by atoms with Crippen LogP contribution in [0.1, 0.15) is 37.2 Å². The molecule has 1 aliphatic rings. The van der Waals surface area contributed by atoms with Crippen LogP contribution in [-0.2, 0) is 11.3 Å². The predicted octanol–water partition coefficient (Wildman–Crippen LogP) is 0.782. The van der Waals surface area contributed by atoms with Crippen molar-refractivity contribution < 1.29 is 9.53 Å². The normalized spacial score (nSPS) is 22.6. The first-order valence-electron chi connectivity index (χ1n) is 6.39. The van der Waals surface area contributed by atoms with Gasteiger partial charge in [-0.3, -0.25) is 9.48 Å². The van der Waals surface area contributed by atoms with Crippen LogP contribution in [-0.4, -0.2) is 34.4 Å². The largest absolute Gasteiger partial charge is 0.396 e. The van der Waals surface area contributed by atoms with E-state index in [1.54, 1.807) is 4.68 Å². The summed E-state index contributed by atoms with van der Waals surface area (Å²) in [5, 5.41) is 7.02. The van der Waals surface area contributed by atoms with Gasteiger partial charge in [0.2, 0.25) is 0 Å². The molecule has 0 atom stereocenters. The van der Waals surface area contributed by atoms with Crippen LogP contribution in [0, 0.1) is 0 Å². The average molecular weight is 252 g/mol. The van der Waals surface area contributed by atoms with Crippen LogP contribution in [0.25, 0.3) is 0 Å². The molecule has 0 bridgehead atoms. The maximum atomic E-state index is 12.1. The molecule has 0 radical (unpaired) electrons. The summed E-state index contributed by atoms with van der Waals surface area (Å²) in [6.07, 6.45) is 3.55. The minimum absolute atomic E-state index is 0.146. The third-order valence-electron chi connectivity index (χ3n) is 3.21. The van der Waals surface area contributed by atoms with Crippen LogP contribution >= 0.6 is 0 Å². The van der Waals surface area contributed by atoms with Crippen molar-refractivity contribution in [3.05, 3.63) is 11.9 Å². The van der Waals surface area contributed by atoms with Gasteiger partial charge in [-0.25, -0.2) is 0 Å². The fraction of sp³-hybridized carbons (Fsp3) is 0.667. The summed E-state index contributed by atoms with van der Waals surface area (Å²) in [5.74, 6) is -0.146. The summed E-state index contributed by atoms with van der Waals surface area (Å²) in [4.78, 5) is 12.1. The highest BCUT2D eigenvalue weighted by atomic mass is 16.5. The van der Waals surface area contributed by atoms with Crippen LogP contribution in [0.15, 0.2) is 6.20 Å². The molecule has 1 amide bonds. The van der Waals surface area contributed by atoms with E-state index in [9.17, 15) is 4.79 Å². The fourth-order valence-corrected chi connectivity index (χ4v) is 2.20. The molecule has 6 heteroatoms. The van der Waals surface area contributed by atoms with Gasteiger partial charge in [0.15, 0.2) is 0 Å². The lowest BCUT2D eigenvalue weighted by Gasteiger charge is -2.35. The van der Waals surface area contributed by atoms with Gasteiger partial charge in [0.25, 0.3) is 5.91 Å². The van der Waals surface area contributed by atoms with Gasteiger partial charge in [-0.2, -0.15) is 5.10 Å². The van der Waals surface area contributed by atoms with Crippen LogP contribution in [0.3, 0.4) is 0 Å². The number of nitrogens with two attached hydrogens (primary N) is 1. The number of hydrogen-bond acceptors (Lipinski definition) is 4. The van der Waals surface area contributed by atoms with E-state index in [4.69, 9.17) is 10.5 Å². The number of amides is 1. The Kier molecular flexibility index (Phi) is 3.86. The number of anilines is 1. The molecule has 1 saturated carbocycles.